The third kappa shape index (κ3) is 8.56. The summed E-state index contributed by atoms with van der Waals surface area (Å²) in [5, 5.41) is 18.3. The molecule has 4 rings (SSSR count). The number of urea groups is 2. The van der Waals surface area contributed by atoms with Crippen LogP contribution in [-0.4, -0.2) is 61.4 Å². The number of hydrogen-bond donors (Lipinski definition) is 2. The molecule has 1 saturated heterocycles. The summed E-state index contributed by atoms with van der Waals surface area (Å²) < 4.78 is 7.36. The molecule has 3 aromatic rings. The summed E-state index contributed by atoms with van der Waals surface area (Å²) >= 11 is 17.6. The van der Waals surface area contributed by atoms with Crippen LogP contribution in [0, 0.1) is 5.41 Å². The predicted octanol–water partition coefficient (Wildman–Crippen LogP) is 5.80. The molecular weight excluding hydrogens is 595 g/mol. The smallest absolute Gasteiger partial charge is 0.340 e. The van der Waals surface area contributed by atoms with Crippen LogP contribution in [-0.2, 0) is 4.79 Å². The second-order valence-electron chi connectivity index (χ2n) is 10.5. The van der Waals surface area contributed by atoms with Crippen molar-refractivity contribution in [1.82, 2.24) is 25.0 Å². The van der Waals surface area contributed by atoms with Crippen LogP contribution in [0.15, 0.2) is 55.1 Å². The minimum absolute atomic E-state index is 0.143. The first-order valence-electron chi connectivity index (χ1n) is 12.5. The number of anilines is 1. The topological polar surface area (TPSA) is 130 Å². The van der Waals surface area contributed by atoms with E-state index in [-0.39, 0.29) is 23.7 Å². The van der Waals surface area contributed by atoms with Gasteiger partial charge in [-0.1, -0.05) is 55.6 Å². The Morgan fingerprint density at radius 1 is 1.02 bits per heavy atom. The van der Waals surface area contributed by atoms with E-state index in [2.05, 4.69) is 15.4 Å². The minimum Gasteiger partial charge on any atom is -0.466 e. The maximum absolute atomic E-state index is 12.2. The number of carbonyl (C=O) groups is 3. The maximum Gasteiger partial charge on any atom is 0.340 e. The first-order valence-corrected chi connectivity index (χ1v) is 13.7. The lowest BCUT2D eigenvalue weighted by atomic mass is 9.88. The van der Waals surface area contributed by atoms with Gasteiger partial charge in [-0.05, 0) is 61.7 Å². The average molecular weight is 626 g/mol. The lowest BCUT2D eigenvalue weighted by molar-refractivity contribution is -0.116. The van der Waals surface area contributed by atoms with Crippen LogP contribution in [0.5, 0.6) is 5.75 Å². The fourth-order valence-electron chi connectivity index (χ4n) is 3.60. The monoisotopic (exact) mass is 624 g/mol. The van der Waals surface area contributed by atoms with Gasteiger partial charge in [0.05, 0.1) is 5.69 Å². The van der Waals surface area contributed by atoms with Crippen molar-refractivity contribution in [2.24, 2.45) is 5.41 Å². The van der Waals surface area contributed by atoms with E-state index < -0.39 is 30.3 Å². The molecule has 5 amide bonds. The van der Waals surface area contributed by atoms with E-state index in [1.54, 1.807) is 38.1 Å². The van der Waals surface area contributed by atoms with Crippen LogP contribution in [0.1, 0.15) is 40.8 Å². The molecule has 0 bridgehead atoms. The zero-order chi connectivity index (χ0) is 30.5. The number of benzene rings is 2. The Morgan fingerprint density at radius 3 is 2.15 bits per heavy atom. The van der Waals surface area contributed by atoms with Crippen LogP contribution in [0.3, 0.4) is 0 Å². The Bertz CT molecular complexity index is 1340. The van der Waals surface area contributed by atoms with E-state index in [4.69, 9.17) is 39.5 Å². The van der Waals surface area contributed by atoms with Crippen molar-refractivity contribution in [2.45, 2.75) is 53.0 Å². The third-order valence-electron chi connectivity index (χ3n) is 5.65. The number of ether oxygens (including phenoxy) is 1. The number of nitrogens with zero attached hydrogens (tertiary/aromatic N) is 5. The molecule has 1 fully saturated rings. The Labute approximate surface area is 252 Å². The van der Waals surface area contributed by atoms with E-state index >= 15 is 0 Å². The van der Waals surface area contributed by atoms with E-state index in [1.165, 1.54) is 35.5 Å². The van der Waals surface area contributed by atoms with E-state index in [1.807, 2.05) is 20.8 Å². The molecule has 2 atom stereocenters. The molecular formula is C27H31Cl3N6O5. The summed E-state index contributed by atoms with van der Waals surface area (Å²) in [5.74, 6) is 0.0930. The quantitative estimate of drug-likeness (QED) is 0.331. The molecule has 11 nitrogen and oxygen atoms in total. The third-order valence-corrected chi connectivity index (χ3v) is 6.34. The second kappa shape index (κ2) is 13.5. The molecule has 2 unspecified atom stereocenters. The zero-order valence-electron chi connectivity index (χ0n) is 23.1. The molecule has 0 aliphatic carbocycles. The summed E-state index contributed by atoms with van der Waals surface area (Å²) in [5.41, 5.74) is -0.120. The molecule has 2 heterocycles. The number of aliphatic hydroxyl groups is 1. The maximum atomic E-state index is 12.2. The minimum atomic E-state index is -0.750. The summed E-state index contributed by atoms with van der Waals surface area (Å²) in [6, 6.07) is 9.85. The molecule has 2 aromatic carbocycles. The number of nitrogens with one attached hydrogen (secondary N) is 1. The SMILES string of the molecule is CC(C)(C)C(O)C(Oc1ccc(Cl)cc1)n1cncn1.CC(C)NC(=O)N1CC(=O)N(c2cc(Cl)cc(Cl)c2)C1=O. The van der Waals surface area contributed by atoms with E-state index in [0.717, 1.165) is 9.80 Å². The lowest BCUT2D eigenvalue weighted by Crippen LogP contribution is -2.45. The molecule has 41 heavy (non-hydrogen) atoms. The predicted molar refractivity (Wildman–Crippen MR) is 156 cm³/mol. The van der Waals surface area contributed by atoms with Gasteiger partial charge in [0.15, 0.2) is 0 Å². The highest BCUT2D eigenvalue weighted by Crippen LogP contribution is 2.31. The second-order valence-corrected chi connectivity index (χ2v) is 11.8. The Kier molecular flexibility index (Phi) is 10.6. The highest BCUT2D eigenvalue weighted by atomic mass is 35.5. The molecule has 0 radical (unpaired) electrons. The van der Waals surface area contributed by atoms with Gasteiger partial charge in [-0.25, -0.2) is 29.1 Å². The Hall–Kier alpha value is -3.38. The molecule has 0 saturated carbocycles. The molecule has 14 heteroatoms. The molecule has 1 aliphatic heterocycles. The molecule has 2 N–H and O–H groups in total. The van der Waals surface area contributed by atoms with Gasteiger partial charge in [0.1, 0.15) is 31.1 Å². The van der Waals surface area contributed by atoms with Gasteiger partial charge >= 0.3 is 12.1 Å². The fourth-order valence-corrected chi connectivity index (χ4v) is 4.24. The van der Waals surface area contributed by atoms with Crippen LogP contribution in [0.25, 0.3) is 0 Å². The molecule has 220 valence electrons. The standard InChI is InChI=1S/C14H18ClN3O2.C13H13Cl2N3O3/c1-14(2,3)12(19)13(18-9-16-8-17-18)20-11-6-4-10(15)5-7-11;1-7(2)16-12(20)17-6-11(19)18(13(17)21)10-4-8(14)3-9(15)5-10/h4-9,12-13,19H,1-3H3;3-5,7H,6H2,1-2H3,(H,16,20). The molecule has 0 spiro atoms. The van der Waals surface area contributed by atoms with E-state index in [0.29, 0.717) is 20.8 Å². The van der Waals surface area contributed by atoms with Gasteiger partial charge in [-0.2, -0.15) is 5.10 Å². The van der Waals surface area contributed by atoms with Crippen LogP contribution in [0.2, 0.25) is 15.1 Å². The number of aliphatic hydroxyl groups excluding tert-OH is 1. The van der Waals surface area contributed by atoms with Gasteiger partial charge in [0.2, 0.25) is 6.23 Å². The number of halogens is 3. The zero-order valence-corrected chi connectivity index (χ0v) is 25.4. The van der Waals surface area contributed by atoms with Gasteiger partial charge in [0.25, 0.3) is 5.91 Å². The first-order chi connectivity index (χ1) is 19.2. The van der Waals surface area contributed by atoms with Crippen molar-refractivity contribution >= 4 is 58.5 Å². The fraction of sp³-hybridized carbons (Fsp3) is 0.370. The summed E-state index contributed by atoms with van der Waals surface area (Å²) in [4.78, 5) is 41.8. The van der Waals surface area contributed by atoms with Crippen molar-refractivity contribution in [3.05, 3.63) is 70.2 Å². The normalized spacial score (nSPS) is 15.0. The number of imide groups is 2. The van der Waals surface area contributed by atoms with Crippen molar-refractivity contribution in [2.75, 3.05) is 11.4 Å². The number of rotatable bonds is 6. The summed E-state index contributed by atoms with van der Waals surface area (Å²) in [6.45, 7) is 9.01. The summed E-state index contributed by atoms with van der Waals surface area (Å²) in [7, 11) is 0. The molecule has 1 aliphatic rings. The Balaban J connectivity index is 0.000000226. The number of amides is 5. The van der Waals surface area contributed by atoms with Gasteiger partial charge < -0.3 is 15.2 Å². The highest BCUT2D eigenvalue weighted by molar-refractivity contribution is 6.35. The van der Waals surface area contributed by atoms with Crippen molar-refractivity contribution in [3.63, 3.8) is 0 Å². The number of carbonyl (C=O) groups excluding carboxylic acids is 3. The summed E-state index contributed by atoms with van der Waals surface area (Å²) in [6.07, 6.45) is 1.53. The lowest BCUT2D eigenvalue weighted by Gasteiger charge is -2.32. The van der Waals surface area contributed by atoms with Gasteiger partial charge in [-0.15, -0.1) is 0 Å². The van der Waals surface area contributed by atoms with Crippen LogP contribution in [0.4, 0.5) is 15.3 Å². The number of hydrogen-bond acceptors (Lipinski definition) is 7. The molecule has 1 aromatic heterocycles. The number of aromatic nitrogens is 3. The highest BCUT2D eigenvalue weighted by Gasteiger charge is 2.41. The Morgan fingerprint density at radius 2 is 1.63 bits per heavy atom. The van der Waals surface area contributed by atoms with Crippen molar-refractivity contribution in [1.29, 1.82) is 0 Å². The first kappa shape index (κ1) is 32.1. The van der Waals surface area contributed by atoms with Crippen molar-refractivity contribution in [3.8, 4) is 5.75 Å². The van der Waals surface area contributed by atoms with Crippen LogP contribution < -0.4 is 15.0 Å². The average Bonchev–Trinajstić information content (AvgIpc) is 3.50. The van der Waals surface area contributed by atoms with Crippen molar-refractivity contribution < 1.29 is 24.2 Å². The largest absolute Gasteiger partial charge is 0.466 e. The van der Waals surface area contributed by atoms with Gasteiger partial charge in [-0.3, -0.25) is 4.79 Å². The van der Waals surface area contributed by atoms with Gasteiger partial charge in [0, 0.05) is 21.1 Å². The van der Waals surface area contributed by atoms with Crippen LogP contribution >= 0.6 is 34.8 Å². The van der Waals surface area contributed by atoms with E-state index in [9.17, 15) is 19.5 Å².